The molecule has 0 N–H and O–H groups in total. The van der Waals surface area contributed by atoms with Crippen LogP contribution >= 0.6 is 23.1 Å². The van der Waals surface area contributed by atoms with Gasteiger partial charge in [-0.3, -0.25) is 4.79 Å². The second kappa shape index (κ2) is 6.80. The van der Waals surface area contributed by atoms with Crippen LogP contribution in [0.15, 0.2) is 34.0 Å². The molecule has 7 heteroatoms. The van der Waals surface area contributed by atoms with Crippen molar-refractivity contribution >= 4 is 40.0 Å². The predicted molar refractivity (Wildman–Crippen MR) is 102 cm³/mol. The van der Waals surface area contributed by atoms with E-state index in [-0.39, 0.29) is 11.8 Å². The molecule has 1 fully saturated rings. The number of benzene rings is 1. The number of carbonyl (C=O) groups excluding carboxylic acids is 1. The lowest BCUT2D eigenvalue weighted by Crippen LogP contribution is -2.39. The van der Waals surface area contributed by atoms with Gasteiger partial charge in [-0.2, -0.15) is 0 Å². The molecule has 1 aliphatic rings. The fourth-order valence-corrected chi connectivity index (χ4v) is 4.75. The normalized spacial score (nSPS) is 18.0. The molecule has 1 amide bonds. The lowest BCUT2D eigenvalue weighted by molar-refractivity contribution is 0.0698. The highest BCUT2D eigenvalue weighted by Crippen LogP contribution is 2.30. The predicted octanol–water partition coefficient (Wildman–Crippen LogP) is 3.77. The van der Waals surface area contributed by atoms with E-state index in [0.717, 1.165) is 40.6 Å². The summed E-state index contributed by atoms with van der Waals surface area (Å²) in [4.78, 5) is 24.0. The number of nitrogens with zero attached hydrogens (tertiary/aromatic N) is 4. The van der Waals surface area contributed by atoms with E-state index in [0.29, 0.717) is 12.2 Å². The number of carbonyl (C=O) groups is 1. The van der Waals surface area contributed by atoms with E-state index < -0.39 is 0 Å². The van der Waals surface area contributed by atoms with Crippen LogP contribution in [-0.2, 0) is 7.05 Å². The topological polar surface area (TPSA) is 51.0 Å². The number of rotatable bonds is 3. The summed E-state index contributed by atoms with van der Waals surface area (Å²) in [5.74, 6) is 1.38. The van der Waals surface area contributed by atoms with Crippen molar-refractivity contribution < 1.29 is 4.79 Å². The molecule has 1 atom stereocenters. The Hall–Kier alpha value is -1.86. The van der Waals surface area contributed by atoms with Gasteiger partial charge >= 0.3 is 0 Å². The summed E-state index contributed by atoms with van der Waals surface area (Å²) >= 11 is 3.11. The van der Waals surface area contributed by atoms with Gasteiger partial charge in [0.25, 0.3) is 5.91 Å². The summed E-state index contributed by atoms with van der Waals surface area (Å²) in [5.41, 5.74) is 2.73. The van der Waals surface area contributed by atoms with Gasteiger partial charge in [0.1, 0.15) is 15.9 Å². The fourth-order valence-electron chi connectivity index (χ4n) is 3.51. The number of likely N-dealkylation sites (tertiary alicyclic amines) is 1. The van der Waals surface area contributed by atoms with Gasteiger partial charge in [-0.05, 0) is 31.2 Å². The molecule has 0 unspecified atom stereocenters. The Bertz CT molecular complexity index is 917. The maximum atomic E-state index is 12.8. The van der Waals surface area contributed by atoms with E-state index in [4.69, 9.17) is 4.98 Å². The number of hydrogen-bond acceptors (Lipinski definition) is 5. The maximum Gasteiger partial charge on any atom is 0.273 e. The first kappa shape index (κ1) is 16.6. The van der Waals surface area contributed by atoms with Crippen LogP contribution in [0.25, 0.3) is 11.0 Å². The van der Waals surface area contributed by atoms with Crippen LogP contribution < -0.4 is 0 Å². The van der Waals surface area contributed by atoms with Crippen LogP contribution in [0.5, 0.6) is 0 Å². The monoisotopic (exact) mass is 372 g/mol. The molecular weight excluding hydrogens is 352 g/mol. The third kappa shape index (κ3) is 3.06. The van der Waals surface area contributed by atoms with Crippen molar-refractivity contribution in [3.05, 3.63) is 41.2 Å². The van der Waals surface area contributed by atoms with E-state index in [1.807, 2.05) is 34.7 Å². The fraction of sp³-hybridized carbons (Fsp3) is 0.389. The second-order valence-electron chi connectivity index (χ2n) is 6.31. The number of thioether (sulfide) groups is 1. The summed E-state index contributed by atoms with van der Waals surface area (Å²) in [6, 6.07) is 8.19. The summed E-state index contributed by atoms with van der Waals surface area (Å²) < 4.78 is 3.11. The number of para-hydroxylation sites is 2. The molecule has 0 saturated carbocycles. The number of hydrogen-bond donors (Lipinski definition) is 0. The number of thiazole rings is 1. The van der Waals surface area contributed by atoms with Crippen molar-refractivity contribution in [1.29, 1.82) is 0 Å². The van der Waals surface area contributed by atoms with E-state index >= 15 is 0 Å². The van der Waals surface area contributed by atoms with Crippen LogP contribution in [-0.4, -0.2) is 44.7 Å². The minimum Gasteiger partial charge on any atom is -0.337 e. The zero-order valence-electron chi connectivity index (χ0n) is 14.3. The average molecular weight is 373 g/mol. The smallest absolute Gasteiger partial charge is 0.273 e. The van der Waals surface area contributed by atoms with E-state index in [1.165, 1.54) is 11.3 Å². The summed E-state index contributed by atoms with van der Waals surface area (Å²) in [7, 11) is 2.07. The molecule has 0 aliphatic carbocycles. The Morgan fingerprint density at radius 2 is 2.16 bits per heavy atom. The summed E-state index contributed by atoms with van der Waals surface area (Å²) in [6.07, 6.45) is 4.04. The van der Waals surface area contributed by atoms with Crippen molar-refractivity contribution in [2.75, 3.05) is 19.3 Å². The van der Waals surface area contributed by atoms with E-state index in [2.05, 4.69) is 22.7 Å². The minimum atomic E-state index is 0.0417. The molecule has 5 nitrogen and oxygen atoms in total. The van der Waals surface area contributed by atoms with E-state index in [1.54, 1.807) is 11.8 Å². The lowest BCUT2D eigenvalue weighted by atomic mass is 9.97. The molecule has 1 saturated heterocycles. The van der Waals surface area contributed by atoms with Gasteiger partial charge in [0, 0.05) is 31.4 Å². The first-order valence-electron chi connectivity index (χ1n) is 8.37. The second-order valence-corrected chi connectivity index (χ2v) is 8.22. The Morgan fingerprint density at radius 1 is 1.32 bits per heavy atom. The molecule has 3 heterocycles. The number of imidazole rings is 1. The van der Waals surface area contributed by atoms with Gasteiger partial charge in [-0.25, -0.2) is 9.97 Å². The quantitative estimate of drug-likeness (QED) is 0.657. The molecule has 0 radical (unpaired) electrons. The molecule has 3 aromatic rings. The number of aryl methyl sites for hydroxylation is 1. The number of piperidine rings is 1. The summed E-state index contributed by atoms with van der Waals surface area (Å²) in [5, 5.41) is 1.87. The largest absolute Gasteiger partial charge is 0.337 e. The molecule has 1 aliphatic heterocycles. The van der Waals surface area contributed by atoms with Crippen LogP contribution in [0.3, 0.4) is 0 Å². The third-order valence-corrected chi connectivity index (χ3v) is 6.64. The van der Waals surface area contributed by atoms with Gasteiger partial charge in [-0.1, -0.05) is 23.9 Å². The third-order valence-electron chi connectivity index (χ3n) is 4.77. The Labute approximate surface area is 155 Å². The van der Waals surface area contributed by atoms with E-state index in [9.17, 15) is 4.79 Å². The Kier molecular flexibility index (Phi) is 4.52. The van der Waals surface area contributed by atoms with Gasteiger partial charge in [0.2, 0.25) is 0 Å². The van der Waals surface area contributed by atoms with Crippen LogP contribution in [0.4, 0.5) is 0 Å². The number of fused-ring (bicyclic) bond motifs is 1. The van der Waals surface area contributed by atoms with Crippen molar-refractivity contribution in [2.24, 2.45) is 7.05 Å². The molecule has 4 rings (SSSR count). The zero-order chi connectivity index (χ0) is 17.4. The molecule has 25 heavy (non-hydrogen) atoms. The van der Waals surface area contributed by atoms with Crippen molar-refractivity contribution in [3.8, 4) is 0 Å². The highest BCUT2D eigenvalue weighted by Gasteiger charge is 2.29. The standard InChI is InChI=1S/C18H20N4OS2/c1-21-15-8-4-3-7-13(15)19-16(21)12-6-5-9-22(10-12)17(23)14-11-25-18(20-14)24-2/h3-4,7-8,11-12H,5-6,9-10H2,1-2H3/t12-/m1/s1. The molecular formula is C18H20N4OS2. The molecule has 0 spiro atoms. The van der Waals surface area contributed by atoms with Gasteiger partial charge in [0.15, 0.2) is 0 Å². The first-order valence-corrected chi connectivity index (χ1v) is 10.5. The molecule has 0 bridgehead atoms. The van der Waals surface area contributed by atoms with Gasteiger partial charge < -0.3 is 9.47 Å². The summed E-state index contributed by atoms with van der Waals surface area (Å²) in [6.45, 7) is 1.51. The van der Waals surface area contributed by atoms with Crippen LogP contribution in [0.1, 0.15) is 35.1 Å². The first-order chi connectivity index (χ1) is 12.2. The minimum absolute atomic E-state index is 0.0417. The zero-order valence-corrected chi connectivity index (χ0v) is 15.9. The SMILES string of the molecule is CSc1nc(C(=O)N2CCC[C@@H](c3nc4ccccc4n3C)C2)cs1. The van der Waals surface area contributed by atoms with Crippen LogP contribution in [0, 0.1) is 0 Å². The Balaban J connectivity index is 1.57. The van der Waals surface area contributed by atoms with Crippen molar-refractivity contribution in [1.82, 2.24) is 19.4 Å². The Morgan fingerprint density at radius 3 is 2.92 bits per heavy atom. The maximum absolute atomic E-state index is 12.8. The average Bonchev–Trinajstić information content (AvgIpc) is 3.26. The van der Waals surface area contributed by atoms with Crippen molar-refractivity contribution in [2.45, 2.75) is 23.1 Å². The number of aromatic nitrogens is 3. The number of amides is 1. The highest BCUT2D eigenvalue weighted by atomic mass is 32.2. The molecule has 1 aromatic carbocycles. The van der Waals surface area contributed by atoms with Gasteiger partial charge in [-0.15, -0.1) is 11.3 Å². The molecule has 130 valence electrons. The lowest BCUT2D eigenvalue weighted by Gasteiger charge is -2.32. The molecule has 2 aromatic heterocycles. The highest BCUT2D eigenvalue weighted by molar-refractivity contribution is 8.00. The van der Waals surface area contributed by atoms with Crippen LogP contribution in [0.2, 0.25) is 0 Å². The van der Waals surface area contributed by atoms with Crippen molar-refractivity contribution in [3.63, 3.8) is 0 Å². The van der Waals surface area contributed by atoms with Gasteiger partial charge in [0.05, 0.1) is 11.0 Å².